The van der Waals surface area contributed by atoms with E-state index in [0.717, 1.165) is 0 Å². The SMILES string of the molecule is NC(N)=NCCC[C@H](N)C(=O)O[15N]=[13C](N)[15NH2]. The predicted molar refractivity (Wildman–Crippen MR) is 59.8 cm³/mol. The fourth-order valence-electron chi connectivity index (χ4n) is 0.803. The molecule has 0 bridgehead atoms. The number of carbonyl (C=O) groups is 1. The van der Waals surface area contributed by atoms with Gasteiger partial charge < -0.3 is 33.5 Å². The molecule has 0 rings (SSSR count). The van der Waals surface area contributed by atoms with Crippen LogP contribution in [0.25, 0.3) is 0 Å². The first kappa shape index (κ1) is 14.0. The van der Waals surface area contributed by atoms with Crippen molar-refractivity contribution in [3.63, 3.8) is 0 Å². The van der Waals surface area contributed by atoms with Gasteiger partial charge in [-0.2, -0.15) is 0 Å². The van der Waals surface area contributed by atoms with E-state index in [1.165, 1.54) is 0 Å². The van der Waals surface area contributed by atoms with Crippen molar-refractivity contribution in [1.82, 2.24) is 0 Å². The summed E-state index contributed by atoms with van der Waals surface area (Å²) in [6.07, 6.45) is 0.922. The molecule has 0 spiro atoms. The highest BCUT2D eigenvalue weighted by Crippen LogP contribution is 1.97. The number of carbonyl (C=O) groups excluding carboxylic acids is 1. The Morgan fingerprint density at radius 2 is 1.81 bits per heavy atom. The Balaban J connectivity index is 3.80. The van der Waals surface area contributed by atoms with Gasteiger partial charge in [-0.15, -0.1) is 0 Å². The minimum absolute atomic E-state index is 0.00310. The van der Waals surface area contributed by atoms with Crippen LogP contribution in [0.3, 0.4) is 0 Å². The van der Waals surface area contributed by atoms with E-state index in [2.05, 4.69) is 15.0 Å². The molecule has 10 N–H and O–H groups in total. The normalized spacial score (nSPS) is 12.9. The van der Waals surface area contributed by atoms with Gasteiger partial charge in [-0.1, -0.05) is 0 Å². The lowest BCUT2D eigenvalue weighted by Gasteiger charge is -2.06. The van der Waals surface area contributed by atoms with Crippen molar-refractivity contribution in [1.29, 1.82) is 0 Å². The third-order valence-corrected chi connectivity index (χ3v) is 1.51. The highest BCUT2D eigenvalue weighted by Gasteiger charge is 2.14. The van der Waals surface area contributed by atoms with Crippen LogP contribution in [0.2, 0.25) is 0 Å². The molecular weight excluding hydrogens is 217 g/mol. The Labute approximate surface area is 92.6 Å². The van der Waals surface area contributed by atoms with Gasteiger partial charge in [0.15, 0.2) is 5.96 Å². The highest BCUT2D eigenvalue weighted by molar-refractivity contribution is 5.79. The summed E-state index contributed by atoms with van der Waals surface area (Å²) in [7, 11) is 0. The fourth-order valence-corrected chi connectivity index (χ4v) is 0.803. The Morgan fingerprint density at radius 1 is 1.19 bits per heavy atom. The number of aliphatic imine (C=N–C) groups is 1. The van der Waals surface area contributed by atoms with Gasteiger partial charge in [0.05, 0.1) is 0 Å². The van der Waals surface area contributed by atoms with Crippen LogP contribution in [0.15, 0.2) is 10.1 Å². The van der Waals surface area contributed by atoms with Gasteiger partial charge in [-0.05, 0) is 18.0 Å². The summed E-state index contributed by atoms with van der Waals surface area (Å²) in [6.45, 7) is 0.394. The van der Waals surface area contributed by atoms with Crippen LogP contribution < -0.4 is 28.7 Å². The van der Waals surface area contributed by atoms with E-state index in [-0.39, 0.29) is 11.9 Å². The van der Waals surface area contributed by atoms with Gasteiger partial charge in [0, 0.05) is 6.54 Å². The van der Waals surface area contributed by atoms with Crippen LogP contribution in [0.4, 0.5) is 0 Å². The predicted octanol–water partition coefficient (Wildman–Crippen LogP) is -2.90. The van der Waals surface area contributed by atoms with Gasteiger partial charge in [-0.25, -0.2) is 4.79 Å². The monoisotopic (exact) mass is 234 g/mol. The van der Waals surface area contributed by atoms with E-state index in [0.29, 0.717) is 19.4 Å². The smallest absolute Gasteiger partial charge is 0.351 e. The maximum absolute atomic E-state index is 11.1. The van der Waals surface area contributed by atoms with Crippen molar-refractivity contribution in [2.24, 2.45) is 38.8 Å². The number of rotatable bonds is 6. The summed E-state index contributed by atoms with van der Waals surface area (Å²) in [6, 6.07) is -0.808. The molecule has 0 aliphatic carbocycles. The van der Waals surface area contributed by atoms with Crippen LogP contribution in [-0.2, 0) is 9.63 Å². The first-order valence-corrected chi connectivity index (χ1v) is 4.54. The number of nitrogens with two attached hydrogens (primary N) is 5. The molecule has 9 nitrogen and oxygen atoms in total. The summed E-state index contributed by atoms with van der Waals surface area (Å²) >= 11 is 0. The van der Waals surface area contributed by atoms with Crippen molar-refractivity contribution in [3.8, 4) is 0 Å². The molecule has 0 heterocycles. The Hall–Kier alpha value is -2.03. The second-order valence-corrected chi connectivity index (χ2v) is 2.98. The zero-order valence-electron chi connectivity index (χ0n) is 8.80. The van der Waals surface area contributed by atoms with Gasteiger partial charge in [0.25, 0.3) is 0 Å². The van der Waals surface area contributed by atoms with E-state index in [9.17, 15) is 4.79 Å². The summed E-state index contributed by atoms with van der Waals surface area (Å²) in [4.78, 5) is 19.2. The van der Waals surface area contributed by atoms with Crippen LogP contribution >= 0.6 is 0 Å². The molecule has 1 atom stereocenters. The Morgan fingerprint density at radius 3 is 2.31 bits per heavy atom. The average molecular weight is 234 g/mol. The maximum Gasteiger partial charge on any atom is 0.351 e. The molecule has 0 fully saturated rings. The van der Waals surface area contributed by atoms with E-state index in [4.69, 9.17) is 28.7 Å². The van der Waals surface area contributed by atoms with Crippen LogP contribution in [-0.4, -0.2) is 30.5 Å². The lowest BCUT2D eigenvalue weighted by Crippen LogP contribution is -2.33. The van der Waals surface area contributed by atoms with Crippen molar-refractivity contribution in [2.75, 3.05) is 6.54 Å². The van der Waals surface area contributed by atoms with Crippen molar-refractivity contribution in [3.05, 3.63) is 0 Å². The number of guanidine groups is 2. The van der Waals surface area contributed by atoms with E-state index in [1.807, 2.05) is 0 Å². The molecule has 0 unspecified atom stereocenters. The van der Waals surface area contributed by atoms with Gasteiger partial charge >= 0.3 is 5.97 Å². The zero-order chi connectivity index (χ0) is 12.6. The molecule has 92 valence electrons. The Bertz CT molecular complexity index is 280. The first-order valence-electron chi connectivity index (χ1n) is 4.54. The lowest BCUT2D eigenvalue weighted by atomic mass is 10.2. The van der Waals surface area contributed by atoms with Crippen molar-refractivity contribution in [2.45, 2.75) is 18.9 Å². The molecule has 0 saturated carbocycles. The molecule has 9 heteroatoms. The summed E-state index contributed by atoms with van der Waals surface area (Å²) in [5, 5.41) is 3.08. The molecule has 0 radical (unpaired) electrons. The molecule has 0 aromatic rings. The molecule has 0 aliphatic heterocycles. The fraction of sp³-hybridized carbons (Fsp3) is 0.571. The summed E-state index contributed by atoms with van der Waals surface area (Å²) < 4.78 is 0. The number of oxime groups is 1. The van der Waals surface area contributed by atoms with Crippen molar-refractivity contribution >= 4 is 17.9 Å². The first-order chi connectivity index (χ1) is 7.43. The van der Waals surface area contributed by atoms with E-state index < -0.39 is 12.0 Å². The highest BCUT2D eigenvalue weighted by atomic mass is 16.8. The topological polar surface area (TPSA) is 181 Å². The molecule has 0 aliphatic rings. The van der Waals surface area contributed by atoms with Gasteiger partial charge in [0.2, 0.25) is 5.96 Å². The second kappa shape index (κ2) is 7.29. The minimum atomic E-state index is -0.808. The van der Waals surface area contributed by atoms with Crippen LogP contribution in [0.5, 0.6) is 0 Å². The molecule has 0 saturated heterocycles. The van der Waals surface area contributed by atoms with E-state index in [1.54, 1.807) is 0 Å². The van der Waals surface area contributed by atoms with Crippen LogP contribution in [0, 0.1) is 0 Å². The number of nitrogens with zero attached hydrogens (tertiary/aromatic N) is 2. The molecule has 0 aromatic carbocycles. The van der Waals surface area contributed by atoms with E-state index >= 15 is 0 Å². The average Bonchev–Trinajstić information content (AvgIpc) is 2.20. The number of hydrogen-bond acceptors (Lipinski definition) is 5. The summed E-state index contributed by atoms with van der Waals surface area (Å²) in [5.74, 6) is -1.06. The summed E-state index contributed by atoms with van der Waals surface area (Å²) in [5.41, 5.74) is 25.6. The minimum Gasteiger partial charge on any atom is -0.370 e. The van der Waals surface area contributed by atoms with Crippen LogP contribution in [0.1, 0.15) is 12.8 Å². The second-order valence-electron chi connectivity index (χ2n) is 2.98. The third-order valence-electron chi connectivity index (χ3n) is 1.51. The molecular formula is C7H17N7O2. The third kappa shape index (κ3) is 7.38. The standard InChI is InChI=1S/C7H17N7O2/c8-4(2-1-3-13-6(9)10)5(15)16-14-7(11)12/h4H,1-3,8H2,(H4,9,10,13)(H4,11,12,14)/t4-/m0/s1/i7+1,11+1,14+1. The molecule has 0 amide bonds. The lowest BCUT2D eigenvalue weighted by molar-refractivity contribution is -0.145. The molecule has 16 heavy (non-hydrogen) atoms. The van der Waals surface area contributed by atoms with Crippen molar-refractivity contribution < 1.29 is 9.63 Å². The largest absolute Gasteiger partial charge is 0.370 e. The zero-order valence-corrected chi connectivity index (χ0v) is 8.80. The Kier molecular flexibility index (Phi) is 6.36. The quantitative estimate of drug-likeness (QED) is 0.0620. The van der Waals surface area contributed by atoms with Gasteiger partial charge in [-0.3, -0.25) is 4.99 Å². The maximum atomic E-state index is 11.1. The molecule has 0 aromatic heterocycles. The van der Waals surface area contributed by atoms with Gasteiger partial charge in [0.1, 0.15) is 6.04 Å². The number of hydrogen-bond donors (Lipinski definition) is 5.